The first-order valence-electron chi connectivity index (χ1n) is 6.19. The van der Waals surface area contributed by atoms with Crippen molar-refractivity contribution in [2.24, 2.45) is 5.41 Å². The molecule has 17 heavy (non-hydrogen) atoms. The van der Waals surface area contributed by atoms with Gasteiger partial charge in [-0.1, -0.05) is 26.0 Å². The van der Waals surface area contributed by atoms with Crippen LogP contribution in [0.4, 0.5) is 4.39 Å². The number of nitrogens with one attached hydrogen (secondary N) is 1. The van der Waals surface area contributed by atoms with Crippen molar-refractivity contribution in [3.63, 3.8) is 0 Å². The van der Waals surface area contributed by atoms with E-state index in [1.807, 2.05) is 6.07 Å². The summed E-state index contributed by atoms with van der Waals surface area (Å²) in [7, 11) is 0. The van der Waals surface area contributed by atoms with Crippen LogP contribution < -0.4 is 5.32 Å². The molecule has 2 nitrogen and oxygen atoms in total. The van der Waals surface area contributed by atoms with E-state index in [9.17, 15) is 4.39 Å². The third-order valence-corrected chi connectivity index (χ3v) is 3.34. The fraction of sp³-hybridized carbons (Fsp3) is 0.571. The Morgan fingerprint density at radius 2 is 2.24 bits per heavy atom. The monoisotopic (exact) mass is 237 g/mol. The summed E-state index contributed by atoms with van der Waals surface area (Å²) in [5.41, 5.74) is 1.28. The lowest BCUT2D eigenvalue weighted by Gasteiger charge is -2.39. The van der Waals surface area contributed by atoms with Crippen LogP contribution in [0.3, 0.4) is 0 Å². The van der Waals surface area contributed by atoms with E-state index in [0.29, 0.717) is 0 Å². The Morgan fingerprint density at radius 3 is 2.76 bits per heavy atom. The van der Waals surface area contributed by atoms with E-state index in [1.54, 1.807) is 12.1 Å². The molecule has 1 unspecified atom stereocenters. The van der Waals surface area contributed by atoms with Crippen molar-refractivity contribution in [1.29, 1.82) is 0 Å². The van der Waals surface area contributed by atoms with Gasteiger partial charge >= 0.3 is 0 Å². The molecular weight excluding hydrogens is 217 g/mol. The number of rotatable bonds is 5. The van der Waals surface area contributed by atoms with Gasteiger partial charge in [-0.15, -0.1) is 0 Å². The molecule has 1 atom stereocenters. The molecule has 1 N–H and O–H groups in total. The topological polar surface area (TPSA) is 21.3 Å². The van der Waals surface area contributed by atoms with Crippen LogP contribution >= 0.6 is 0 Å². The van der Waals surface area contributed by atoms with E-state index in [1.165, 1.54) is 6.07 Å². The second kappa shape index (κ2) is 5.15. The number of ether oxygens (including phenoxy) is 1. The minimum atomic E-state index is -0.166. The molecule has 0 bridgehead atoms. The quantitative estimate of drug-likeness (QED) is 0.850. The Kier molecular flexibility index (Phi) is 3.79. The summed E-state index contributed by atoms with van der Waals surface area (Å²) < 4.78 is 18.4. The first-order valence-corrected chi connectivity index (χ1v) is 6.19. The zero-order chi connectivity index (χ0) is 12.3. The van der Waals surface area contributed by atoms with Gasteiger partial charge in [-0.25, -0.2) is 4.39 Å². The Bertz CT molecular complexity index is 376. The van der Waals surface area contributed by atoms with Crippen molar-refractivity contribution in [1.82, 2.24) is 5.32 Å². The second-order valence-corrected chi connectivity index (χ2v) is 5.20. The summed E-state index contributed by atoms with van der Waals surface area (Å²) in [6, 6.07) is 7.06. The molecular formula is C14H20FNO. The average molecular weight is 237 g/mol. The fourth-order valence-corrected chi connectivity index (χ4v) is 2.14. The van der Waals surface area contributed by atoms with Gasteiger partial charge in [0.2, 0.25) is 0 Å². The summed E-state index contributed by atoms with van der Waals surface area (Å²) in [6.07, 6.45) is 0.959. The van der Waals surface area contributed by atoms with Crippen molar-refractivity contribution < 1.29 is 9.13 Å². The van der Waals surface area contributed by atoms with Crippen molar-refractivity contribution in [2.75, 3.05) is 19.8 Å². The minimum absolute atomic E-state index is 0.166. The molecule has 1 aromatic rings. The predicted molar refractivity (Wildman–Crippen MR) is 66.4 cm³/mol. The van der Waals surface area contributed by atoms with Crippen LogP contribution in [0.25, 0.3) is 0 Å². The van der Waals surface area contributed by atoms with Gasteiger partial charge in [0, 0.05) is 18.0 Å². The van der Waals surface area contributed by atoms with E-state index in [4.69, 9.17) is 4.74 Å². The van der Waals surface area contributed by atoms with Gasteiger partial charge in [0.05, 0.1) is 13.2 Å². The summed E-state index contributed by atoms with van der Waals surface area (Å²) >= 11 is 0. The number of hydrogen-bond donors (Lipinski definition) is 1. The standard InChI is InChI=1S/C14H20FNO/c1-3-13(11-5-4-6-12(15)7-11)16-8-14(2)9-17-10-14/h4-7,13,16H,3,8-10H2,1-2H3. The Balaban J connectivity index is 1.96. The van der Waals surface area contributed by atoms with E-state index in [2.05, 4.69) is 19.2 Å². The maximum absolute atomic E-state index is 13.2. The van der Waals surface area contributed by atoms with Gasteiger partial charge in [-0.05, 0) is 24.1 Å². The summed E-state index contributed by atoms with van der Waals surface area (Å²) in [6.45, 7) is 6.88. The molecule has 1 aromatic carbocycles. The highest BCUT2D eigenvalue weighted by Crippen LogP contribution is 2.27. The largest absolute Gasteiger partial charge is 0.380 e. The van der Waals surface area contributed by atoms with Crippen molar-refractivity contribution in [2.45, 2.75) is 26.3 Å². The normalized spacial score (nSPS) is 19.7. The lowest BCUT2D eigenvalue weighted by molar-refractivity contribution is -0.100. The highest BCUT2D eigenvalue weighted by molar-refractivity contribution is 5.20. The third kappa shape index (κ3) is 3.05. The molecule has 1 aliphatic rings. The van der Waals surface area contributed by atoms with Crippen LogP contribution in [0.5, 0.6) is 0 Å². The van der Waals surface area contributed by atoms with Crippen LogP contribution in [-0.4, -0.2) is 19.8 Å². The highest BCUT2D eigenvalue weighted by Gasteiger charge is 2.33. The molecule has 2 rings (SSSR count). The fourth-order valence-electron chi connectivity index (χ4n) is 2.14. The second-order valence-electron chi connectivity index (χ2n) is 5.20. The van der Waals surface area contributed by atoms with Crippen molar-refractivity contribution >= 4 is 0 Å². The predicted octanol–water partition coefficient (Wildman–Crippen LogP) is 2.90. The first-order chi connectivity index (χ1) is 8.13. The van der Waals surface area contributed by atoms with Crippen LogP contribution in [-0.2, 0) is 4.74 Å². The van der Waals surface area contributed by atoms with Crippen molar-refractivity contribution in [3.05, 3.63) is 35.6 Å². The number of halogens is 1. The molecule has 0 radical (unpaired) electrons. The molecule has 3 heteroatoms. The molecule has 1 aliphatic heterocycles. The van der Waals surface area contributed by atoms with E-state index in [-0.39, 0.29) is 17.3 Å². The number of hydrogen-bond acceptors (Lipinski definition) is 2. The molecule has 1 heterocycles. The van der Waals surface area contributed by atoms with Gasteiger partial charge in [-0.3, -0.25) is 0 Å². The average Bonchev–Trinajstić information content (AvgIpc) is 2.28. The Hall–Kier alpha value is -0.930. The molecule has 0 amide bonds. The van der Waals surface area contributed by atoms with Gasteiger partial charge < -0.3 is 10.1 Å². The maximum Gasteiger partial charge on any atom is 0.123 e. The molecule has 0 saturated carbocycles. The Labute approximate surface area is 102 Å². The summed E-state index contributed by atoms with van der Waals surface area (Å²) in [4.78, 5) is 0. The molecule has 0 spiro atoms. The zero-order valence-electron chi connectivity index (χ0n) is 10.5. The van der Waals surface area contributed by atoms with E-state index < -0.39 is 0 Å². The smallest absolute Gasteiger partial charge is 0.123 e. The van der Waals surface area contributed by atoms with Crippen molar-refractivity contribution in [3.8, 4) is 0 Å². The molecule has 1 fully saturated rings. The van der Waals surface area contributed by atoms with Gasteiger partial charge in [-0.2, -0.15) is 0 Å². The molecule has 0 aromatic heterocycles. The number of benzene rings is 1. The third-order valence-electron chi connectivity index (χ3n) is 3.34. The van der Waals surface area contributed by atoms with Crippen LogP contribution in [0, 0.1) is 11.2 Å². The zero-order valence-corrected chi connectivity index (χ0v) is 10.5. The lowest BCUT2D eigenvalue weighted by atomic mass is 9.88. The van der Waals surface area contributed by atoms with Crippen LogP contribution in [0.15, 0.2) is 24.3 Å². The van der Waals surface area contributed by atoms with Crippen LogP contribution in [0.1, 0.15) is 31.9 Å². The Morgan fingerprint density at radius 1 is 1.47 bits per heavy atom. The van der Waals surface area contributed by atoms with Crippen LogP contribution in [0.2, 0.25) is 0 Å². The molecule has 94 valence electrons. The SMILES string of the molecule is CCC(NCC1(C)COC1)c1cccc(F)c1. The summed E-state index contributed by atoms with van der Waals surface area (Å²) in [5, 5.41) is 3.51. The van der Waals surface area contributed by atoms with E-state index in [0.717, 1.165) is 31.7 Å². The van der Waals surface area contributed by atoms with Gasteiger partial charge in [0.25, 0.3) is 0 Å². The summed E-state index contributed by atoms with van der Waals surface area (Å²) in [5.74, 6) is -0.166. The maximum atomic E-state index is 13.2. The minimum Gasteiger partial charge on any atom is -0.380 e. The molecule has 0 aliphatic carbocycles. The molecule has 1 saturated heterocycles. The highest BCUT2D eigenvalue weighted by atomic mass is 19.1. The van der Waals surface area contributed by atoms with Gasteiger partial charge in [0.1, 0.15) is 5.82 Å². The van der Waals surface area contributed by atoms with E-state index >= 15 is 0 Å². The lowest BCUT2D eigenvalue weighted by Crippen LogP contribution is -2.47. The first kappa shape index (κ1) is 12.5. The van der Waals surface area contributed by atoms with Gasteiger partial charge in [0.15, 0.2) is 0 Å².